The Labute approximate surface area is 179 Å². The minimum Gasteiger partial charge on any atom is -0.335 e. The van der Waals surface area contributed by atoms with Gasteiger partial charge in [-0.15, -0.1) is 6.42 Å². The minimum atomic E-state index is -0.636. The summed E-state index contributed by atoms with van der Waals surface area (Å²) in [4.78, 5) is 38.4. The number of benzene rings is 2. The molecule has 1 saturated heterocycles. The molecule has 1 aromatic heterocycles. The van der Waals surface area contributed by atoms with E-state index in [9.17, 15) is 14.4 Å². The van der Waals surface area contributed by atoms with Crippen LogP contribution in [0.25, 0.3) is 17.0 Å². The van der Waals surface area contributed by atoms with Gasteiger partial charge in [0.15, 0.2) is 0 Å². The van der Waals surface area contributed by atoms with Gasteiger partial charge in [-0.25, -0.2) is 9.69 Å². The Morgan fingerprint density at radius 1 is 1.19 bits per heavy atom. The predicted molar refractivity (Wildman–Crippen MR) is 119 cm³/mol. The largest absolute Gasteiger partial charge is 0.335 e. The summed E-state index contributed by atoms with van der Waals surface area (Å²) >= 11 is 0. The first-order valence-corrected chi connectivity index (χ1v) is 9.68. The highest BCUT2D eigenvalue weighted by molar-refractivity contribution is 6.16. The molecule has 0 atom stereocenters. The second-order valence-electron chi connectivity index (χ2n) is 7.23. The molecule has 4 amide bonds. The van der Waals surface area contributed by atoms with Crippen molar-refractivity contribution in [1.82, 2.24) is 14.8 Å². The minimum absolute atomic E-state index is 0.108. The number of carbonyl (C=O) groups is 3. The van der Waals surface area contributed by atoms with Gasteiger partial charge in [0, 0.05) is 28.4 Å². The van der Waals surface area contributed by atoms with Crippen molar-refractivity contribution in [2.75, 3.05) is 11.9 Å². The standard InChI is InChI=1S/C24H20N4O3/c1-3-11-27-14-17(19-9-4-5-10-21(19)27)13-20-23(30)28(24(31)26-20)15-22(29)25-18-8-6-7-16(2)12-18/h1,4-10,12-14H,11,15H2,2H3,(H,25,29)(H,26,31)/b20-13-. The third kappa shape index (κ3) is 4.05. The molecule has 0 saturated carbocycles. The Bertz CT molecular complexity index is 1280. The molecule has 0 spiro atoms. The van der Waals surface area contributed by atoms with Gasteiger partial charge in [-0.1, -0.05) is 36.3 Å². The van der Waals surface area contributed by atoms with Crippen molar-refractivity contribution in [2.24, 2.45) is 0 Å². The van der Waals surface area contributed by atoms with Crippen LogP contribution in [-0.4, -0.2) is 33.9 Å². The molecule has 0 bridgehead atoms. The van der Waals surface area contributed by atoms with E-state index >= 15 is 0 Å². The lowest BCUT2D eigenvalue weighted by Gasteiger charge is -2.12. The van der Waals surface area contributed by atoms with Crippen molar-refractivity contribution in [1.29, 1.82) is 0 Å². The lowest BCUT2D eigenvalue weighted by atomic mass is 10.1. The number of fused-ring (bicyclic) bond motifs is 1. The van der Waals surface area contributed by atoms with E-state index in [1.807, 2.05) is 54.1 Å². The number of anilines is 1. The molecule has 2 N–H and O–H groups in total. The van der Waals surface area contributed by atoms with Crippen LogP contribution in [0.15, 0.2) is 60.4 Å². The molecule has 0 unspecified atom stereocenters. The van der Waals surface area contributed by atoms with Crippen LogP contribution in [0.5, 0.6) is 0 Å². The molecule has 1 aliphatic rings. The Hall–Kier alpha value is -4.31. The number of urea groups is 1. The molecule has 4 rings (SSSR count). The van der Waals surface area contributed by atoms with E-state index in [4.69, 9.17) is 6.42 Å². The molecule has 0 aliphatic carbocycles. The van der Waals surface area contributed by atoms with Crippen molar-refractivity contribution in [3.05, 3.63) is 71.6 Å². The number of aromatic nitrogens is 1. The van der Waals surface area contributed by atoms with Gasteiger partial charge in [0.1, 0.15) is 12.2 Å². The maximum Gasteiger partial charge on any atom is 0.329 e. The van der Waals surface area contributed by atoms with E-state index in [0.717, 1.165) is 26.9 Å². The predicted octanol–water partition coefficient (Wildman–Crippen LogP) is 3.11. The van der Waals surface area contributed by atoms with Crippen LogP contribution in [-0.2, 0) is 16.1 Å². The number of terminal acetylenes is 1. The second kappa shape index (κ2) is 8.20. The van der Waals surface area contributed by atoms with Crippen molar-refractivity contribution >= 4 is 40.5 Å². The fraction of sp³-hybridized carbons (Fsp3) is 0.125. The number of rotatable bonds is 5. The first-order chi connectivity index (χ1) is 15.0. The first kappa shape index (κ1) is 20.0. The van der Waals surface area contributed by atoms with Gasteiger partial charge >= 0.3 is 6.03 Å². The van der Waals surface area contributed by atoms with Gasteiger partial charge < -0.3 is 15.2 Å². The summed E-state index contributed by atoms with van der Waals surface area (Å²) in [6, 6.07) is 14.3. The van der Waals surface area contributed by atoms with Crippen LogP contribution >= 0.6 is 0 Å². The molecule has 1 aliphatic heterocycles. The maximum atomic E-state index is 12.8. The SMILES string of the molecule is C#CCn1cc(/C=C2\NC(=O)N(CC(=O)Nc3cccc(C)c3)C2=O)c2ccccc21. The molecule has 7 heteroatoms. The van der Waals surface area contributed by atoms with E-state index in [1.165, 1.54) is 0 Å². The number of hydrogen-bond donors (Lipinski definition) is 2. The summed E-state index contributed by atoms with van der Waals surface area (Å²) in [5.41, 5.74) is 3.38. The van der Waals surface area contributed by atoms with Crippen LogP contribution in [0.2, 0.25) is 0 Å². The summed E-state index contributed by atoms with van der Waals surface area (Å²) in [7, 11) is 0. The zero-order valence-electron chi connectivity index (χ0n) is 16.9. The summed E-state index contributed by atoms with van der Waals surface area (Å²) in [6.07, 6.45) is 8.89. The van der Waals surface area contributed by atoms with Crippen molar-refractivity contribution in [2.45, 2.75) is 13.5 Å². The number of imide groups is 1. The molecular weight excluding hydrogens is 392 g/mol. The smallest absolute Gasteiger partial charge is 0.329 e. The van der Waals surface area contributed by atoms with Crippen LogP contribution in [0.4, 0.5) is 10.5 Å². The normalized spacial score (nSPS) is 14.7. The number of nitrogens with zero attached hydrogens (tertiary/aromatic N) is 2. The van der Waals surface area contributed by atoms with E-state index in [1.54, 1.807) is 18.2 Å². The average Bonchev–Trinajstić information content (AvgIpc) is 3.21. The molecule has 3 aromatic rings. The Morgan fingerprint density at radius 2 is 2.00 bits per heavy atom. The zero-order chi connectivity index (χ0) is 22.0. The van der Waals surface area contributed by atoms with E-state index < -0.39 is 17.8 Å². The Kier molecular flexibility index (Phi) is 5.29. The van der Waals surface area contributed by atoms with Gasteiger partial charge in [-0.2, -0.15) is 0 Å². The average molecular weight is 412 g/mol. The number of para-hydroxylation sites is 1. The maximum absolute atomic E-state index is 12.8. The van der Waals surface area contributed by atoms with Crippen molar-refractivity contribution < 1.29 is 14.4 Å². The molecule has 1 fully saturated rings. The molecule has 154 valence electrons. The van der Waals surface area contributed by atoms with Gasteiger partial charge in [-0.05, 0) is 36.8 Å². The first-order valence-electron chi connectivity index (χ1n) is 9.68. The molecule has 7 nitrogen and oxygen atoms in total. The molecule has 0 radical (unpaired) electrons. The number of hydrogen-bond acceptors (Lipinski definition) is 3. The topological polar surface area (TPSA) is 83.4 Å². The fourth-order valence-electron chi connectivity index (χ4n) is 3.56. The second-order valence-corrected chi connectivity index (χ2v) is 7.23. The van der Waals surface area contributed by atoms with Crippen LogP contribution < -0.4 is 10.6 Å². The number of amides is 4. The Balaban J connectivity index is 1.55. The highest BCUT2D eigenvalue weighted by Crippen LogP contribution is 2.24. The monoisotopic (exact) mass is 412 g/mol. The third-order valence-electron chi connectivity index (χ3n) is 4.95. The third-order valence-corrected chi connectivity index (χ3v) is 4.95. The highest BCUT2D eigenvalue weighted by Gasteiger charge is 2.35. The van der Waals surface area contributed by atoms with Crippen LogP contribution in [0, 0.1) is 19.3 Å². The van der Waals surface area contributed by atoms with Crippen LogP contribution in [0.3, 0.4) is 0 Å². The van der Waals surface area contributed by atoms with E-state index in [0.29, 0.717) is 12.2 Å². The number of aryl methyl sites for hydroxylation is 1. The van der Waals surface area contributed by atoms with Gasteiger partial charge in [0.2, 0.25) is 5.91 Å². The lowest BCUT2D eigenvalue weighted by Crippen LogP contribution is -2.38. The fourth-order valence-corrected chi connectivity index (χ4v) is 3.56. The highest BCUT2D eigenvalue weighted by atomic mass is 16.2. The number of nitrogens with one attached hydrogen (secondary N) is 2. The summed E-state index contributed by atoms with van der Waals surface area (Å²) in [5, 5.41) is 6.16. The lowest BCUT2D eigenvalue weighted by molar-refractivity contribution is -0.127. The summed E-state index contributed by atoms with van der Waals surface area (Å²) < 4.78 is 1.90. The van der Waals surface area contributed by atoms with Gasteiger partial charge in [0.05, 0.1) is 6.54 Å². The number of carbonyl (C=O) groups excluding carboxylic acids is 3. The summed E-state index contributed by atoms with van der Waals surface area (Å²) in [6.45, 7) is 1.91. The van der Waals surface area contributed by atoms with Gasteiger partial charge in [0.25, 0.3) is 5.91 Å². The van der Waals surface area contributed by atoms with Crippen molar-refractivity contribution in [3.63, 3.8) is 0 Å². The molecular formula is C24H20N4O3. The Morgan fingerprint density at radius 3 is 2.77 bits per heavy atom. The quantitative estimate of drug-likeness (QED) is 0.384. The van der Waals surface area contributed by atoms with E-state index in [2.05, 4.69) is 16.6 Å². The molecule has 31 heavy (non-hydrogen) atoms. The van der Waals surface area contributed by atoms with E-state index in [-0.39, 0.29) is 12.2 Å². The van der Waals surface area contributed by atoms with Crippen LogP contribution in [0.1, 0.15) is 11.1 Å². The summed E-state index contributed by atoms with van der Waals surface area (Å²) in [5.74, 6) is 1.59. The van der Waals surface area contributed by atoms with Crippen molar-refractivity contribution in [3.8, 4) is 12.3 Å². The molecule has 2 heterocycles. The molecule has 2 aromatic carbocycles. The zero-order valence-corrected chi connectivity index (χ0v) is 16.9. The van der Waals surface area contributed by atoms with Gasteiger partial charge in [-0.3, -0.25) is 9.59 Å².